The lowest BCUT2D eigenvalue weighted by Gasteiger charge is -2.26. The molecule has 0 radical (unpaired) electrons. The predicted octanol–water partition coefficient (Wildman–Crippen LogP) is 2.50. The molecule has 1 aliphatic rings. The average Bonchev–Trinajstić information content (AvgIpc) is 2.87. The molecule has 1 aromatic heterocycles. The minimum Gasteiger partial charge on any atom is -0.381 e. The van der Waals surface area contributed by atoms with Crippen molar-refractivity contribution in [2.24, 2.45) is 5.92 Å². The Hall–Kier alpha value is -0.490. The van der Waals surface area contributed by atoms with E-state index in [1.165, 1.54) is 30.0 Å². The number of hydrogen-bond donors (Lipinski definition) is 1. The molecular weight excluding hydrogens is 270 g/mol. The molecule has 5 heteroatoms. The van der Waals surface area contributed by atoms with E-state index in [1.807, 2.05) is 0 Å². The Labute approximate surface area is 126 Å². The number of rotatable bonds is 8. The van der Waals surface area contributed by atoms with Crippen LogP contribution in [0.3, 0.4) is 0 Å². The molecule has 1 aromatic rings. The second kappa shape index (κ2) is 8.72. The highest BCUT2D eigenvalue weighted by atomic mass is 32.1. The molecule has 0 amide bonds. The molecule has 4 nitrogen and oxygen atoms in total. The maximum atomic E-state index is 5.54. The number of aromatic nitrogens is 1. The maximum absolute atomic E-state index is 5.54. The highest BCUT2D eigenvalue weighted by molar-refractivity contribution is 7.09. The van der Waals surface area contributed by atoms with Crippen LogP contribution in [0.1, 0.15) is 36.9 Å². The summed E-state index contributed by atoms with van der Waals surface area (Å²) in [5.41, 5.74) is 1.20. The lowest BCUT2D eigenvalue weighted by molar-refractivity contribution is 0.0410. The zero-order valence-electron chi connectivity index (χ0n) is 12.7. The third kappa shape index (κ3) is 5.48. The normalized spacial score (nSPS) is 19.6. The van der Waals surface area contributed by atoms with Gasteiger partial charge in [0.25, 0.3) is 0 Å². The molecular formula is C15H27N3OS. The fraction of sp³-hybridized carbons (Fsp3) is 0.800. The quantitative estimate of drug-likeness (QED) is 0.748. The van der Waals surface area contributed by atoms with E-state index in [2.05, 4.69) is 29.6 Å². The van der Waals surface area contributed by atoms with Crippen molar-refractivity contribution in [2.75, 3.05) is 33.4 Å². The van der Waals surface area contributed by atoms with Gasteiger partial charge in [0.05, 0.1) is 12.3 Å². The summed E-state index contributed by atoms with van der Waals surface area (Å²) in [5.74, 6) is 0.693. The van der Waals surface area contributed by atoms with Crippen LogP contribution in [0.15, 0.2) is 5.38 Å². The molecule has 0 aliphatic carbocycles. The van der Waals surface area contributed by atoms with Crippen molar-refractivity contribution in [3.63, 3.8) is 0 Å². The lowest BCUT2D eigenvalue weighted by Crippen LogP contribution is -2.30. The summed E-state index contributed by atoms with van der Waals surface area (Å²) in [7, 11) is 2.18. The number of nitrogens with one attached hydrogen (secondary N) is 1. The summed E-state index contributed by atoms with van der Waals surface area (Å²) >= 11 is 1.76. The van der Waals surface area contributed by atoms with Crippen LogP contribution in [0.25, 0.3) is 0 Å². The molecule has 1 atom stereocenters. The predicted molar refractivity (Wildman–Crippen MR) is 84.0 cm³/mol. The summed E-state index contributed by atoms with van der Waals surface area (Å²) in [4.78, 5) is 7.07. The van der Waals surface area contributed by atoms with Crippen molar-refractivity contribution in [3.05, 3.63) is 16.1 Å². The van der Waals surface area contributed by atoms with Crippen molar-refractivity contribution in [1.29, 1.82) is 0 Å². The Morgan fingerprint density at radius 2 is 2.45 bits per heavy atom. The Balaban J connectivity index is 1.71. The van der Waals surface area contributed by atoms with E-state index in [9.17, 15) is 0 Å². The Bertz CT molecular complexity index is 377. The molecule has 0 bridgehead atoms. The highest BCUT2D eigenvalue weighted by Crippen LogP contribution is 2.16. The monoisotopic (exact) mass is 297 g/mol. The third-order valence-corrected chi connectivity index (χ3v) is 4.46. The van der Waals surface area contributed by atoms with Crippen LogP contribution < -0.4 is 5.32 Å². The fourth-order valence-electron chi connectivity index (χ4n) is 2.61. The molecule has 0 saturated carbocycles. The van der Waals surface area contributed by atoms with Gasteiger partial charge in [0.15, 0.2) is 0 Å². The average molecular weight is 297 g/mol. The fourth-order valence-corrected chi connectivity index (χ4v) is 3.36. The molecule has 0 aromatic carbocycles. The maximum Gasteiger partial charge on any atom is 0.107 e. The molecule has 1 aliphatic heterocycles. The molecule has 20 heavy (non-hydrogen) atoms. The first-order chi connectivity index (χ1) is 9.78. The summed E-state index contributed by atoms with van der Waals surface area (Å²) in [6, 6.07) is 0. The number of nitrogens with zero attached hydrogens (tertiary/aromatic N) is 2. The zero-order chi connectivity index (χ0) is 14.2. The minimum atomic E-state index is 0.693. The van der Waals surface area contributed by atoms with E-state index in [0.29, 0.717) is 5.92 Å². The van der Waals surface area contributed by atoms with Crippen LogP contribution in [-0.4, -0.2) is 43.2 Å². The van der Waals surface area contributed by atoms with Crippen molar-refractivity contribution < 1.29 is 4.74 Å². The van der Waals surface area contributed by atoms with Crippen LogP contribution in [0.2, 0.25) is 0 Å². The largest absolute Gasteiger partial charge is 0.381 e. The molecule has 2 rings (SSSR count). The van der Waals surface area contributed by atoms with Crippen molar-refractivity contribution in [1.82, 2.24) is 15.2 Å². The molecule has 1 saturated heterocycles. The van der Waals surface area contributed by atoms with Crippen LogP contribution in [0.5, 0.6) is 0 Å². The number of ether oxygens (including phenoxy) is 1. The van der Waals surface area contributed by atoms with E-state index in [0.717, 1.165) is 39.4 Å². The van der Waals surface area contributed by atoms with Gasteiger partial charge in [-0.25, -0.2) is 4.98 Å². The van der Waals surface area contributed by atoms with E-state index < -0.39 is 0 Å². The van der Waals surface area contributed by atoms with Gasteiger partial charge in [-0.1, -0.05) is 6.92 Å². The Morgan fingerprint density at radius 3 is 3.20 bits per heavy atom. The standard InChI is InChI=1S/C15H27N3OS/c1-3-6-16-8-15-17-14(12-20-15)10-18(2)9-13-5-4-7-19-11-13/h12-13,16H,3-11H2,1-2H3. The van der Waals surface area contributed by atoms with Crippen molar-refractivity contribution in [3.8, 4) is 0 Å². The van der Waals surface area contributed by atoms with Gasteiger partial charge in [0.1, 0.15) is 5.01 Å². The molecule has 2 heterocycles. The minimum absolute atomic E-state index is 0.693. The summed E-state index contributed by atoms with van der Waals surface area (Å²) in [5, 5.41) is 6.79. The molecule has 114 valence electrons. The second-order valence-electron chi connectivity index (χ2n) is 5.69. The van der Waals surface area contributed by atoms with Gasteiger partial charge < -0.3 is 15.0 Å². The molecule has 1 N–H and O–H groups in total. The number of thiazole rings is 1. The summed E-state index contributed by atoms with van der Waals surface area (Å²) in [6.07, 6.45) is 3.68. The van der Waals surface area contributed by atoms with Gasteiger partial charge in [-0.3, -0.25) is 0 Å². The van der Waals surface area contributed by atoms with Crippen molar-refractivity contribution in [2.45, 2.75) is 39.3 Å². The third-order valence-electron chi connectivity index (χ3n) is 3.56. The van der Waals surface area contributed by atoms with E-state index in [4.69, 9.17) is 9.72 Å². The molecule has 0 spiro atoms. The van der Waals surface area contributed by atoms with Gasteiger partial charge in [-0.15, -0.1) is 11.3 Å². The smallest absolute Gasteiger partial charge is 0.107 e. The Morgan fingerprint density at radius 1 is 1.55 bits per heavy atom. The summed E-state index contributed by atoms with van der Waals surface area (Å²) < 4.78 is 5.54. The van der Waals surface area contributed by atoms with Gasteiger partial charge in [-0.05, 0) is 38.8 Å². The van der Waals surface area contributed by atoms with Gasteiger partial charge in [-0.2, -0.15) is 0 Å². The van der Waals surface area contributed by atoms with Gasteiger partial charge >= 0.3 is 0 Å². The Kier molecular flexibility index (Phi) is 6.93. The first-order valence-corrected chi connectivity index (χ1v) is 8.56. The van der Waals surface area contributed by atoms with Crippen LogP contribution >= 0.6 is 11.3 Å². The first-order valence-electron chi connectivity index (χ1n) is 7.68. The van der Waals surface area contributed by atoms with Crippen LogP contribution in [-0.2, 0) is 17.8 Å². The van der Waals surface area contributed by atoms with E-state index >= 15 is 0 Å². The highest BCUT2D eigenvalue weighted by Gasteiger charge is 2.16. The summed E-state index contributed by atoms with van der Waals surface area (Å²) in [6.45, 7) is 8.08. The van der Waals surface area contributed by atoms with E-state index in [1.54, 1.807) is 11.3 Å². The van der Waals surface area contributed by atoms with Crippen LogP contribution in [0.4, 0.5) is 0 Å². The SMILES string of the molecule is CCCNCc1nc(CN(C)CC2CCCOC2)cs1. The zero-order valence-corrected chi connectivity index (χ0v) is 13.5. The second-order valence-corrected chi connectivity index (χ2v) is 6.63. The van der Waals surface area contributed by atoms with Crippen molar-refractivity contribution >= 4 is 11.3 Å². The van der Waals surface area contributed by atoms with Crippen LogP contribution in [0, 0.1) is 5.92 Å². The molecule has 1 fully saturated rings. The topological polar surface area (TPSA) is 37.4 Å². The van der Waals surface area contributed by atoms with Gasteiger partial charge in [0, 0.05) is 31.6 Å². The van der Waals surface area contributed by atoms with Gasteiger partial charge in [0.2, 0.25) is 0 Å². The first kappa shape index (κ1) is 15.9. The lowest BCUT2D eigenvalue weighted by atomic mass is 10.0. The van der Waals surface area contributed by atoms with E-state index in [-0.39, 0.29) is 0 Å². The number of hydrogen-bond acceptors (Lipinski definition) is 5. The molecule has 1 unspecified atom stereocenters.